The first kappa shape index (κ1) is 27.2. The molecule has 1 N–H and O–H groups in total. The standard InChI is InChI=1S/C25H34ClN3O5S/c1-25(2,3)34-23(30)12-14-29-13-11-22(28-29)27-24(31)19(15-17-7-5-6-8-17)18-9-10-21(20(26)16-18)35(4,32)33/h9-11,13,16-17,19H,5-8,12,14-15H2,1-4H3,(H,27,28,31). The number of halogens is 1. The molecule has 1 aromatic carbocycles. The summed E-state index contributed by atoms with van der Waals surface area (Å²) in [6.07, 6.45) is 8.06. The zero-order chi connectivity index (χ0) is 25.8. The van der Waals surface area contributed by atoms with Crippen LogP contribution in [0.2, 0.25) is 5.02 Å². The van der Waals surface area contributed by atoms with Gasteiger partial charge in [0.15, 0.2) is 15.7 Å². The molecule has 0 spiro atoms. The second-order valence-corrected chi connectivity index (χ2v) is 12.6. The average Bonchev–Trinajstić information content (AvgIpc) is 3.40. The molecular weight excluding hydrogens is 490 g/mol. The van der Waals surface area contributed by atoms with Gasteiger partial charge in [0.05, 0.1) is 28.8 Å². The van der Waals surface area contributed by atoms with Crippen molar-refractivity contribution in [2.45, 2.75) is 82.3 Å². The van der Waals surface area contributed by atoms with E-state index in [0.29, 0.717) is 30.3 Å². The minimum absolute atomic E-state index is 0.0478. The molecule has 1 fully saturated rings. The molecule has 1 saturated carbocycles. The van der Waals surface area contributed by atoms with Crippen molar-refractivity contribution in [3.8, 4) is 0 Å². The normalized spacial score (nSPS) is 15.7. The van der Waals surface area contributed by atoms with E-state index in [-0.39, 0.29) is 28.2 Å². The second kappa shape index (κ2) is 11.1. The Bertz CT molecular complexity index is 1160. The molecule has 35 heavy (non-hydrogen) atoms. The van der Waals surface area contributed by atoms with E-state index in [1.165, 1.54) is 6.07 Å². The summed E-state index contributed by atoms with van der Waals surface area (Å²) in [6, 6.07) is 6.39. The summed E-state index contributed by atoms with van der Waals surface area (Å²) in [4.78, 5) is 25.3. The molecule has 1 aliphatic rings. The summed E-state index contributed by atoms with van der Waals surface area (Å²) in [5.74, 6) is -0.224. The Kier molecular flexibility index (Phi) is 8.64. The van der Waals surface area contributed by atoms with Crippen LogP contribution in [-0.4, -0.2) is 41.9 Å². The number of sulfone groups is 1. The van der Waals surface area contributed by atoms with E-state index in [9.17, 15) is 18.0 Å². The van der Waals surface area contributed by atoms with Crippen molar-refractivity contribution in [3.05, 3.63) is 41.0 Å². The van der Waals surface area contributed by atoms with Crippen molar-refractivity contribution in [2.75, 3.05) is 11.6 Å². The number of anilines is 1. The van der Waals surface area contributed by atoms with Gasteiger partial charge in [0.1, 0.15) is 5.60 Å². The van der Waals surface area contributed by atoms with Gasteiger partial charge in [0.2, 0.25) is 5.91 Å². The Hall–Kier alpha value is -2.39. The van der Waals surface area contributed by atoms with Gasteiger partial charge in [0.25, 0.3) is 0 Å². The van der Waals surface area contributed by atoms with Crippen molar-refractivity contribution in [2.24, 2.45) is 5.92 Å². The van der Waals surface area contributed by atoms with Crippen molar-refractivity contribution in [1.29, 1.82) is 0 Å². The Morgan fingerprint density at radius 1 is 1.23 bits per heavy atom. The number of amides is 1. The minimum Gasteiger partial charge on any atom is -0.460 e. The van der Waals surface area contributed by atoms with Gasteiger partial charge in [-0.15, -0.1) is 0 Å². The minimum atomic E-state index is -3.46. The largest absolute Gasteiger partial charge is 0.460 e. The molecule has 0 bridgehead atoms. The summed E-state index contributed by atoms with van der Waals surface area (Å²) < 4.78 is 30.8. The van der Waals surface area contributed by atoms with E-state index in [1.54, 1.807) is 29.1 Å². The highest BCUT2D eigenvalue weighted by Gasteiger charge is 2.28. The lowest BCUT2D eigenvalue weighted by atomic mass is 9.87. The maximum absolute atomic E-state index is 13.3. The highest BCUT2D eigenvalue weighted by Crippen LogP contribution is 2.36. The zero-order valence-electron chi connectivity index (χ0n) is 20.7. The van der Waals surface area contributed by atoms with E-state index in [1.807, 2.05) is 20.8 Å². The van der Waals surface area contributed by atoms with Gasteiger partial charge in [-0.25, -0.2) is 8.42 Å². The van der Waals surface area contributed by atoms with Gasteiger partial charge in [-0.1, -0.05) is 43.4 Å². The fourth-order valence-electron chi connectivity index (χ4n) is 4.37. The number of nitrogens with one attached hydrogen (secondary N) is 1. The maximum Gasteiger partial charge on any atom is 0.308 e. The predicted molar refractivity (Wildman–Crippen MR) is 135 cm³/mol. The van der Waals surface area contributed by atoms with E-state index < -0.39 is 21.4 Å². The monoisotopic (exact) mass is 523 g/mol. The number of aromatic nitrogens is 2. The summed E-state index contributed by atoms with van der Waals surface area (Å²) in [6.45, 7) is 5.78. The van der Waals surface area contributed by atoms with Gasteiger partial charge in [-0.2, -0.15) is 5.10 Å². The molecule has 1 heterocycles. The number of carbonyl (C=O) groups excluding carboxylic acids is 2. The zero-order valence-corrected chi connectivity index (χ0v) is 22.3. The number of hydrogen-bond acceptors (Lipinski definition) is 6. The Balaban J connectivity index is 1.72. The topological polar surface area (TPSA) is 107 Å². The highest BCUT2D eigenvalue weighted by atomic mass is 35.5. The molecule has 1 aliphatic carbocycles. The number of carbonyl (C=O) groups is 2. The van der Waals surface area contributed by atoms with Gasteiger partial charge in [0, 0.05) is 18.5 Å². The van der Waals surface area contributed by atoms with E-state index in [0.717, 1.165) is 31.9 Å². The van der Waals surface area contributed by atoms with Crippen LogP contribution in [-0.2, 0) is 30.7 Å². The summed E-state index contributed by atoms with van der Waals surface area (Å²) in [7, 11) is -3.46. The van der Waals surface area contributed by atoms with Crippen LogP contribution < -0.4 is 5.32 Å². The number of rotatable bonds is 9. The van der Waals surface area contributed by atoms with Gasteiger partial charge >= 0.3 is 5.97 Å². The summed E-state index contributed by atoms with van der Waals surface area (Å²) >= 11 is 6.28. The van der Waals surface area contributed by atoms with Crippen molar-refractivity contribution in [3.63, 3.8) is 0 Å². The number of ether oxygens (including phenoxy) is 1. The molecule has 10 heteroatoms. The van der Waals surface area contributed by atoms with Crippen molar-refractivity contribution >= 4 is 39.1 Å². The third-order valence-corrected chi connectivity index (χ3v) is 7.55. The fraction of sp³-hybridized carbons (Fsp3) is 0.560. The molecule has 192 valence electrons. The molecule has 1 aromatic heterocycles. The first-order chi connectivity index (χ1) is 16.3. The average molecular weight is 524 g/mol. The van der Waals surface area contributed by atoms with Crippen LogP contribution in [0, 0.1) is 5.92 Å². The SMILES string of the molecule is CC(C)(C)OC(=O)CCn1ccc(NC(=O)C(CC2CCCC2)c2ccc(S(C)(=O)=O)c(Cl)c2)n1. The quantitative estimate of drug-likeness (QED) is 0.465. The van der Waals surface area contributed by atoms with Crippen LogP contribution >= 0.6 is 11.6 Å². The Labute approximate surface area is 212 Å². The smallest absolute Gasteiger partial charge is 0.308 e. The van der Waals surface area contributed by atoms with E-state index in [2.05, 4.69) is 10.4 Å². The Morgan fingerprint density at radius 2 is 1.91 bits per heavy atom. The molecule has 0 aliphatic heterocycles. The van der Waals surface area contributed by atoms with Gasteiger partial charge < -0.3 is 10.1 Å². The molecule has 2 aromatic rings. The molecular formula is C25H34ClN3O5S. The molecule has 1 amide bonds. The third kappa shape index (κ3) is 8.07. The van der Waals surface area contributed by atoms with Gasteiger partial charge in [-0.05, 0) is 50.8 Å². The molecule has 0 saturated heterocycles. The molecule has 1 unspecified atom stereocenters. The van der Waals surface area contributed by atoms with Crippen LogP contribution in [0.3, 0.4) is 0 Å². The number of aryl methyl sites for hydroxylation is 1. The first-order valence-corrected chi connectivity index (χ1v) is 14.1. The number of benzene rings is 1. The number of esters is 1. The lowest BCUT2D eigenvalue weighted by molar-refractivity contribution is -0.155. The lowest BCUT2D eigenvalue weighted by Crippen LogP contribution is -2.25. The predicted octanol–water partition coefficient (Wildman–Crippen LogP) is 4.97. The molecule has 0 radical (unpaired) electrons. The van der Waals surface area contributed by atoms with E-state index in [4.69, 9.17) is 16.3 Å². The first-order valence-electron chi connectivity index (χ1n) is 11.9. The van der Waals surface area contributed by atoms with E-state index >= 15 is 0 Å². The second-order valence-electron chi connectivity index (χ2n) is 10.2. The highest BCUT2D eigenvalue weighted by molar-refractivity contribution is 7.90. The van der Waals surface area contributed by atoms with Crippen molar-refractivity contribution < 1.29 is 22.7 Å². The number of hydrogen-bond donors (Lipinski definition) is 1. The molecule has 8 nitrogen and oxygen atoms in total. The van der Waals surface area contributed by atoms with Crippen molar-refractivity contribution in [1.82, 2.24) is 9.78 Å². The third-order valence-electron chi connectivity index (χ3n) is 5.98. The van der Waals surface area contributed by atoms with Crippen LogP contribution in [0.4, 0.5) is 5.82 Å². The fourth-order valence-corrected chi connectivity index (χ4v) is 5.71. The summed E-state index contributed by atoms with van der Waals surface area (Å²) in [5.41, 5.74) is 0.132. The van der Waals surface area contributed by atoms with Crippen LogP contribution in [0.15, 0.2) is 35.4 Å². The summed E-state index contributed by atoms with van der Waals surface area (Å²) in [5, 5.41) is 7.35. The lowest BCUT2D eigenvalue weighted by Gasteiger charge is -2.21. The number of nitrogens with zero attached hydrogens (tertiary/aromatic N) is 2. The van der Waals surface area contributed by atoms with Gasteiger partial charge in [-0.3, -0.25) is 14.3 Å². The van der Waals surface area contributed by atoms with Crippen LogP contribution in [0.25, 0.3) is 0 Å². The molecule has 1 atom stereocenters. The molecule has 3 rings (SSSR count). The maximum atomic E-state index is 13.3. The van der Waals surface area contributed by atoms with Crippen LogP contribution in [0.1, 0.15) is 70.8 Å². The van der Waals surface area contributed by atoms with Crippen LogP contribution in [0.5, 0.6) is 0 Å². The Morgan fingerprint density at radius 3 is 2.51 bits per heavy atom.